The summed E-state index contributed by atoms with van der Waals surface area (Å²) in [7, 11) is 0. The van der Waals surface area contributed by atoms with Crippen LogP contribution in [-0.4, -0.2) is 46.6 Å². The van der Waals surface area contributed by atoms with Crippen LogP contribution >= 0.6 is 0 Å². The van der Waals surface area contributed by atoms with Crippen LogP contribution in [0.1, 0.15) is 15.9 Å². The lowest BCUT2D eigenvalue weighted by atomic mass is 10.2. The molecule has 1 aliphatic rings. The van der Waals surface area contributed by atoms with Crippen LogP contribution in [0.4, 0.5) is 0 Å². The summed E-state index contributed by atoms with van der Waals surface area (Å²) in [6.45, 7) is 4.88. The molecule has 2 N–H and O–H groups in total. The van der Waals surface area contributed by atoms with E-state index in [-0.39, 0.29) is 0 Å². The molecule has 1 fully saturated rings. The molecular weight excluding hydrogens is 314 g/mol. The van der Waals surface area contributed by atoms with Crippen LogP contribution < -0.4 is 10.7 Å². The largest absolute Gasteiger partial charge is 0.366 e. The van der Waals surface area contributed by atoms with Crippen LogP contribution in [0.3, 0.4) is 0 Å². The monoisotopic (exact) mass is 335 g/mol. The molecule has 25 heavy (non-hydrogen) atoms. The molecule has 3 aromatic rings. The van der Waals surface area contributed by atoms with E-state index in [2.05, 4.69) is 49.9 Å². The highest BCUT2D eigenvalue weighted by atomic mass is 16.1. The maximum Gasteiger partial charge on any atom is 0.248 e. The van der Waals surface area contributed by atoms with E-state index in [1.807, 2.05) is 12.4 Å². The van der Waals surface area contributed by atoms with Gasteiger partial charge in [0.2, 0.25) is 5.91 Å². The first-order valence-corrected chi connectivity index (χ1v) is 8.49. The third-order valence-electron chi connectivity index (χ3n) is 4.72. The fourth-order valence-electron chi connectivity index (χ4n) is 3.33. The molecule has 6 heteroatoms. The average molecular weight is 335 g/mol. The second-order valence-electron chi connectivity index (χ2n) is 6.37. The first-order chi connectivity index (χ1) is 12.2. The normalized spacial score (nSPS) is 15.6. The van der Waals surface area contributed by atoms with Crippen LogP contribution in [0.15, 0.2) is 54.9 Å². The lowest BCUT2D eigenvalue weighted by Crippen LogP contribution is -2.50. The molecule has 4 rings (SSSR count). The van der Waals surface area contributed by atoms with Crippen molar-refractivity contribution in [1.29, 1.82) is 0 Å². The summed E-state index contributed by atoms with van der Waals surface area (Å²) in [4.78, 5) is 18.2. The Morgan fingerprint density at radius 1 is 1.04 bits per heavy atom. The van der Waals surface area contributed by atoms with Crippen molar-refractivity contribution in [3.8, 4) is 0 Å². The first-order valence-electron chi connectivity index (χ1n) is 8.49. The Kier molecular flexibility index (Phi) is 4.11. The average Bonchev–Trinajstić information content (AvgIpc) is 3.06. The molecule has 2 aromatic carbocycles. The van der Waals surface area contributed by atoms with Crippen molar-refractivity contribution in [2.75, 3.05) is 31.2 Å². The highest BCUT2D eigenvalue weighted by molar-refractivity contribution is 5.96. The standard InChI is InChI=1S/C19H21N5O/c20-19(25)16-6-7-18-17(12-16)21-14-24(18)23-10-8-22(9-11-23)13-15-4-2-1-3-5-15/h1-7,12,14H,8-11,13H2,(H2,20,25). The van der Waals surface area contributed by atoms with Crippen molar-refractivity contribution < 1.29 is 4.79 Å². The number of primary amides is 1. The van der Waals surface area contributed by atoms with Gasteiger partial charge in [0.15, 0.2) is 0 Å². The van der Waals surface area contributed by atoms with E-state index in [1.54, 1.807) is 12.1 Å². The van der Waals surface area contributed by atoms with Crippen molar-refractivity contribution in [1.82, 2.24) is 14.6 Å². The predicted molar refractivity (Wildman–Crippen MR) is 97.9 cm³/mol. The van der Waals surface area contributed by atoms with Crippen molar-refractivity contribution in [3.05, 3.63) is 66.0 Å². The number of nitrogens with zero attached hydrogens (tertiary/aromatic N) is 4. The van der Waals surface area contributed by atoms with Gasteiger partial charge in [0.25, 0.3) is 0 Å². The van der Waals surface area contributed by atoms with Gasteiger partial charge in [-0.1, -0.05) is 30.3 Å². The zero-order valence-electron chi connectivity index (χ0n) is 14.0. The van der Waals surface area contributed by atoms with Crippen LogP contribution in [0.25, 0.3) is 11.0 Å². The van der Waals surface area contributed by atoms with Gasteiger partial charge in [-0.05, 0) is 23.8 Å². The van der Waals surface area contributed by atoms with Gasteiger partial charge in [-0.25, -0.2) is 9.66 Å². The Bertz CT molecular complexity index is 881. The summed E-state index contributed by atoms with van der Waals surface area (Å²) in [6, 6.07) is 16.0. The quantitative estimate of drug-likeness (QED) is 0.786. The second-order valence-corrected chi connectivity index (χ2v) is 6.37. The Morgan fingerprint density at radius 3 is 2.52 bits per heavy atom. The fourth-order valence-corrected chi connectivity index (χ4v) is 3.33. The van der Waals surface area contributed by atoms with E-state index in [4.69, 9.17) is 5.73 Å². The van der Waals surface area contributed by atoms with Gasteiger partial charge in [-0.3, -0.25) is 9.69 Å². The Labute approximate surface area is 146 Å². The van der Waals surface area contributed by atoms with Crippen molar-refractivity contribution in [3.63, 3.8) is 0 Å². The number of carbonyl (C=O) groups is 1. The first kappa shape index (κ1) is 15.7. The molecule has 128 valence electrons. The number of piperazine rings is 1. The number of carbonyl (C=O) groups excluding carboxylic acids is 1. The van der Waals surface area contributed by atoms with Crippen molar-refractivity contribution in [2.45, 2.75) is 6.54 Å². The number of benzene rings is 2. The zero-order valence-corrected chi connectivity index (χ0v) is 14.0. The maximum atomic E-state index is 11.3. The molecule has 2 heterocycles. The molecule has 6 nitrogen and oxygen atoms in total. The summed E-state index contributed by atoms with van der Waals surface area (Å²) in [5.74, 6) is -0.425. The molecule has 0 saturated carbocycles. The number of hydrogen-bond donors (Lipinski definition) is 1. The van der Waals surface area contributed by atoms with Gasteiger partial charge in [0.1, 0.15) is 6.33 Å². The number of amides is 1. The van der Waals surface area contributed by atoms with Crippen LogP contribution in [-0.2, 0) is 6.54 Å². The third kappa shape index (κ3) is 3.21. The van der Waals surface area contributed by atoms with E-state index in [0.717, 1.165) is 43.8 Å². The highest BCUT2D eigenvalue weighted by Crippen LogP contribution is 2.17. The minimum absolute atomic E-state index is 0.425. The molecule has 0 bridgehead atoms. The molecular formula is C19H21N5O. The summed E-state index contributed by atoms with van der Waals surface area (Å²) in [6.07, 6.45) is 1.82. The van der Waals surface area contributed by atoms with Crippen LogP contribution in [0.5, 0.6) is 0 Å². The van der Waals surface area contributed by atoms with E-state index < -0.39 is 5.91 Å². The van der Waals surface area contributed by atoms with Gasteiger partial charge in [0.05, 0.1) is 11.0 Å². The van der Waals surface area contributed by atoms with E-state index >= 15 is 0 Å². The van der Waals surface area contributed by atoms with E-state index in [1.165, 1.54) is 5.56 Å². The number of hydrogen-bond acceptors (Lipinski definition) is 4. The van der Waals surface area contributed by atoms with Crippen molar-refractivity contribution >= 4 is 16.9 Å². The number of rotatable bonds is 4. The Balaban J connectivity index is 1.45. The molecule has 1 aromatic heterocycles. The molecule has 0 aliphatic carbocycles. The molecule has 1 amide bonds. The number of fused-ring (bicyclic) bond motifs is 1. The molecule has 1 aliphatic heterocycles. The summed E-state index contributed by atoms with van der Waals surface area (Å²) >= 11 is 0. The maximum absolute atomic E-state index is 11.3. The van der Waals surface area contributed by atoms with Gasteiger partial charge in [-0.2, -0.15) is 0 Å². The summed E-state index contributed by atoms with van der Waals surface area (Å²) in [5.41, 5.74) is 8.98. The molecule has 0 unspecified atom stereocenters. The topological polar surface area (TPSA) is 67.4 Å². The lowest BCUT2D eigenvalue weighted by molar-refractivity contribution is 0.100. The Morgan fingerprint density at radius 2 is 1.80 bits per heavy atom. The molecule has 0 radical (unpaired) electrons. The summed E-state index contributed by atoms with van der Waals surface area (Å²) in [5, 5.41) is 2.29. The minimum Gasteiger partial charge on any atom is -0.366 e. The molecule has 1 saturated heterocycles. The zero-order chi connectivity index (χ0) is 17.2. The van der Waals surface area contributed by atoms with Gasteiger partial charge < -0.3 is 10.7 Å². The molecule has 0 atom stereocenters. The SMILES string of the molecule is NC(=O)c1ccc2c(c1)ncn2N1CCN(Cc2ccccc2)CC1. The van der Waals surface area contributed by atoms with Gasteiger partial charge in [-0.15, -0.1) is 0 Å². The fraction of sp³-hybridized carbons (Fsp3) is 0.263. The summed E-state index contributed by atoms with van der Waals surface area (Å²) < 4.78 is 2.08. The highest BCUT2D eigenvalue weighted by Gasteiger charge is 2.19. The minimum atomic E-state index is -0.425. The van der Waals surface area contributed by atoms with Gasteiger partial charge in [0, 0.05) is 38.3 Å². The van der Waals surface area contributed by atoms with E-state index in [9.17, 15) is 4.79 Å². The van der Waals surface area contributed by atoms with Crippen molar-refractivity contribution in [2.24, 2.45) is 5.73 Å². The smallest absolute Gasteiger partial charge is 0.248 e. The lowest BCUT2D eigenvalue weighted by Gasteiger charge is -2.36. The van der Waals surface area contributed by atoms with Crippen LogP contribution in [0, 0.1) is 0 Å². The number of nitrogens with two attached hydrogens (primary N) is 1. The predicted octanol–water partition coefficient (Wildman–Crippen LogP) is 1.59. The second kappa shape index (κ2) is 6.57. The van der Waals surface area contributed by atoms with E-state index in [0.29, 0.717) is 5.56 Å². The van der Waals surface area contributed by atoms with Gasteiger partial charge >= 0.3 is 0 Å². The number of aromatic nitrogens is 2. The van der Waals surface area contributed by atoms with Crippen LogP contribution in [0.2, 0.25) is 0 Å². The Hall–Kier alpha value is -2.86. The third-order valence-corrected chi connectivity index (χ3v) is 4.72. The molecule has 0 spiro atoms. The number of imidazole rings is 1.